The van der Waals surface area contributed by atoms with E-state index >= 15 is 0 Å². The van der Waals surface area contributed by atoms with Crippen LogP contribution in [0.25, 0.3) is 11.1 Å². The lowest BCUT2D eigenvalue weighted by molar-refractivity contribution is 0.601. The number of aromatic nitrogens is 1. The molecule has 0 atom stereocenters. The second kappa shape index (κ2) is 11.2. The Morgan fingerprint density at radius 3 is 2.26 bits per heavy atom. The van der Waals surface area contributed by atoms with Crippen LogP contribution in [-0.4, -0.2) is 19.1 Å². The van der Waals surface area contributed by atoms with Gasteiger partial charge in [-0.25, -0.2) is 8.42 Å². The van der Waals surface area contributed by atoms with Gasteiger partial charge in [0.05, 0.1) is 4.90 Å². The first-order valence-corrected chi connectivity index (χ1v) is 12.6. The molecule has 1 N–H and O–H groups in total. The average Bonchev–Trinajstić information content (AvgIpc) is 2.89. The zero-order chi connectivity index (χ0) is 24.5. The molecule has 3 aromatic carbocycles. The van der Waals surface area contributed by atoms with Crippen LogP contribution in [0.15, 0.2) is 113 Å². The highest BCUT2D eigenvalue weighted by Crippen LogP contribution is 2.28. The minimum Gasteiger partial charge on any atom is -0.280 e. The molecule has 0 radical (unpaired) electrons. The highest BCUT2D eigenvalue weighted by Gasteiger charge is 2.19. The molecule has 4 rings (SSSR count). The van der Waals surface area contributed by atoms with Gasteiger partial charge in [0.25, 0.3) is 10.0 Å². The Balaban J connectivity index is 1.46. The molecule has 35 heavy (non-hydrogen) atoms. The van der Waals surface area contributed by atoms with E-state index in [0.717, 1.165) is 28.8 Å². The zero-order valence-electron chi connectivity index (χ0n) is 19.0. The van der Waals surface area contributed by atoms with Gasteiger partial charge in [0.1, 0.15) is 0 Å². The van der Waals surface area contributed by atoms with E-state index in [1.807, 2.05) is 66.9 Å². The molecule has 0 aliphatic rings. The molecule has 6 nitrogen and oxygen atoms in total. The lowest BCUT2D eigenvalue weighted by atomic mass is 10.0. The summed E-state index contributed by atoms with van der Waals surface area (Å²) in [6, 6.07) is 27.4. The van der Waals surface area contributed by atoms with Crippen LogP contribution >= 0.6 is 0 Å². The Hall–Kier alpha value is -4.28. The monoisotopic (exact) mass is 480 g/mol. The number of sulfonamides is 1. The van der Waals surface area contributed by atoms with Gasteiger partial charge in [-0.15, -0.1) is 0 Å². The topological polar surface area (TPSA) is 95.2 Å². The van der Waals surface area contributed by atoms with Crippen molar-refractivity contribution in [2.75, 3.05) is 4.72 Å². The van der Waals surface area contributed by atoms with Gasteiger partial charge in [-0.05, 0) is 59.9 Å². The fourth-order valence-corrected chi connectivity index (χ4v) is 5.08. The van der Waals surface area contributed by atoms with Crippen molar-refractivity contribution in [1.29, 1.82) is 5.26 Å². The molecule has 0 aliphatic heterocycles. The summed E-state index contributed by atoms with van der Waals surface area (Å²) in [6.07, 6.45) is 7.31. The molecule has 0 bridgehead atoms. The molecule has 7 heteroatoms. The van der Waals surface area contributed by atoms with Crippen molar-refractivity contribution in [3.05, 3.63) is 115 Å². The van der Waals surface area contributed by atoms with Crippen molar-refractivity contribution in [3.63, 3.8) is 0 Å². The van der Waals surface area contributed by atoms with Gasteiger partial charge in [-0.2, -0.15) is 10.3 Å². The van der Waals surface area contributed by atoms with Crippen molar-refractivity contribution in [2.24, 2.45) is 4.99 Å². The maximum absolute atomic E-state index is 13.2. The van der Waals surface area contributed by atoms with Gasteiger partial charge in [-0.3, -0.25) is 9.71 Å². The van der Waals surface area contributed by atoms with Crippen LogP contribution in [0.1, 0.15) is 17.5 Å². The van der Waals surface area contributed by atoms with Crippen LogP contribution in [-0.2, 0) is 22.9 Å². The Morgan fingerprint density at radius 2 is 1.54 bits per heavy atom. The van der Waals surface area contributed by atoms with E-state index in [9.17, 15) is 8.42 Å². The largest absolute Gasteiger partial charge is 0.280 e. The van der Waals surface area contributed by atoms with E-state index < -0.39 is 10.0 Å². The number of aliphatic imine (C=N–C) groups is 1. The summed E-state index contributed by atoms with van der Waals surface area (Å²) in [5.74, 6) is 0. The molecule has 0 saturated carbocycles. The Morgan fingerprint density at radius 1 is 0.857 bits per heavy atom. The lowest BCUT2D eigenvalue weighted by Gasteiger charge is -2.13. The number of nitriles is 1. The predicted molar refractivity (Wildman–Crippen MR) is 138 cm³/mol. The number of pyridine rings is 1. The molecule has 4 aromatic rings. The second-order valence-corrected chi connectivity index (χ2v) is 9.63. The lowest BCUT2D eigenvalue weighted by Crippen LogP contribution is -2.14. The van der Waals surface area contributed by atoms with E-state index in [1.54, 1.807) is 42.7 Å². The molecule has 0 saturated heterocycles. The Bertz CT molecular complexity index is 1440. The van der Waals surface area contributed by atoms with Crippen molar-refractivity contribution >= 4 is 21.4 Å². The summed E-state index contributed by atoms with van der Waals surface area (Å²) in [6.45, 7) is 0. The summed E-state index contributed by atoms with van der Waals surface area (Å²) in [7, 11) is -3.80. The smallest absolute Gasteiger partial charge is 0.262 e. The minimum atomic E-state index is -3.80. The highest BCUT2D eigenvalue weighted by atomic mass is 32.2. The van der Waals surface area contributed by atoms with Crippen LogP contribution in [0.5, 0.6) is 0 Å². The van der Waals surface area contributed by atoms with Gasteiger partial charge in [0.2, 0.25) is 6.19 Å². The van der Waals surface area contributed by atoms with Crippen molar-refractivity contribution in [3.8, 4) is 17.3 Å². The maximum atomic E-state index is 13.2. The molecule has 0 spiro atoms. The molecule has 1 aromatic heterocycles. The third-order valence-corrected chi connectivity index (χ3v) is 6.97. The summed E-state index contributed by atoms with van der Waals surface area (Å²) in [4.78, 5) is 8.23. The molecule has 0 fully saturated rings. The first-order valence-electron chi connectivity index (χ1n) is 11.1. The number of benzene rings is 3. The quantitative estimate of drug-likeness (QED) is 0.247. The first kappa shape index (κ1) is 23.9. The highest BCUT2D eigenvalue weighted by molar-refractivity contribution is 7.92. The Kier molecular flexibility index (Phi) is 7.66. The van der Waals surface area contributed by atoms with Crippen LogP contribution in [0, 0.1) is 11.5 Å². The number of rotatable bonds is 9. The summed E-state index contributed by atoms with van der Waals surface area (Å²) in [5, 5.41) is 9.07. The number of nitrogens with one attached hydrogen (secondary N) is 1. The molecule has 0 amide bonds. The van der Waals surface area contributed by atoms with Gasteiger partial charge in [0.15, 0.2) is 0 Å². The summed E-state index contributed by atoms with van der Waals surface area (Å²) >= 11 is 0. The van der Waals surface area contributed by atoms with Crippen molar-refractivity contribution in [1.82, 2.24) is 4.98 Å². The molecule has 0 unspecified atom stereocenters. The zero-order valence-corrected chi connectivity index (χ0v) is 19.8. The third kappa shape index (κ3) is 6.40. The molecule has 174 valence electrons. The molecule has 0 aliphatic carbocycles. The van der Waals surface area contributed by atoms with Gasteiger partial charge >= 0.3 is 0 Å². The second-order valence-electron chi connectivity index (χ2n) is 7.97. The summed E-state index contributed by atoms with van der Waals surface area (Å²) < 4.78 is 29.1. The van der Waals surface area contributed by atoms with Gasteiger partial charge < -0.3 is 0 Å². The first-order chi connectivity index (χ1) is 17.0. The van der Waals surface area contributed by atoms with Crippen LogP contribution < -0.4 is 4.72 Å². The average molecular weight is 481 g/mol. The third-order valence-electron chi connectivity index (χ3n) is 5.54. The van der Waals surface area contributed by atoms with E-state index in [-0.39, 0.29) is 4.90 Å². The fourth-order valence-electron chi connectivity index (χ4n) is 3.79. The Labute approximate surface area is 205 Å². The predicted octanol–water partition coefficient (Wildman–Crippen LogP) is 5.65. The van der Waals surface area contributed by atoms with E-state index in [0.29, 0.717) is 24.1 Å². The van der Waals surface area contributed by atoms with E-state index in [2.05, 4.69) is 14.7 Å². The molecule has 1 heterocycles. The number of hydrogen-bond donors (Lipinski definition) is 1. The molecular weight excluding hydrogens is 456 g/mol. The molecular formula is C28H24N4O2S. The van der Waals surface area contributed by atoms with Gasteiger partial charge in [-0.1, -0.05) is 60.7 Å². The number of nitrogens with zero attached hydrogens (tertiary/aromatic N) is 3. The SMILES string of the molecule is N#CN=C(CCc1ccncc1)Cc1ccc(NS(=O)(=O)c2ccccc2-c2ccccc2)cc1. The maximum Gasteiger partial charge on any atom is 0.262 e. The van der Waals surface area contributed by atoms with Gasteiger partial charge in [0, 0.05) is 35.8 Å². The van der Waals surface area contributed by atoms with Crippen LogP contribution in [0.4, 0.5) is 5.69 Å². The van der Waals surface area contributed by atoms with Crippen LogP contribution in [0.3, 0.4) is 0 Å². The van der Waals surface area contributed by atoms with Crippen LogP contribution in [0.2, 0.25) is 0 Å². The fraction of sp³-hybridized carbons (Fsp3) is 0.107. The number of hydrogen-bond acceptors (Lipinski definition) is 5. The minimum absolute atomic E-state index is 0.217. The number of aryl methyl sites for hydroxylation is 1. The summed E-state index contributed by atoms with van der Waals surface area (Å²) in [5.41, 5.74) is 4.79. The standard InChI is InChI=1S/C28H24N4O2S/c29-21-31-26(15-10-22-16-18-30-19-17-22)20-23-11-13-25(14-12-23)32-35(33,34)28-9-5-4-8-27(28)24-6-2-1-3-7-24/h1-9,11-14,16-19,32H,10,15,20H2. The van der Waals surface area contributed by atoms with Crippen molar-refractivity contribution in [2.45, 2.75) is 24.2 Å². The normalized spacial score (nSPS) is 11.6. The van der Waals surface area contributed by atoms with E-state index in [1.165, 1.54) is 0 Å². The van der Waals surface area contributed by atoms with E-state index in [4.69, 9.17) is 5.26 Å². The number of anilines is 1. The van der Waals surface area contributed by atoms with Crippen molar-refractivity contribution < 1.29 is 8.42 Å².